The van der Waals surface area contributed by atoms with E-state index in [9.17, 15) is 0 Å². The Morgan fingerprint density at radius 3 is 2.93 bits per heavy atom. The van der Waals surface area contributed by atoms with E-state index in [0.29, 0.717) is 6.42 Å². The summed E-state index contributed by atoms with van der Waals surface area (Å²) >= 11 is 0. The monoisotopic (exact) mass is 185 g/mol. The topological polar surface area (TPSA) is 44.0 Å². The molecule has 0 atom stereocenters. The molecule has 0 unspecified atom stereocenters. The second-order valence-electron chi connectivity index (χ2n) is 2.81. The first kappa shape index (κ1) is 10.3. The normalized spacial score (nSPS) is 8.57. The van der Waals surface area contributed by atoms with Gasteiger partial charge in [-0.15, -0.1) is 0 Å². The van der Waals surface area contributed by atoms with E-state index in [4.69, 9.17) is 10.4 Å². The fourth-order valence-corrected chi connectivity index (χ4v) is 1.12. The summed E-state index contributed by atoms with van der Waals surface area (Å²) in [6.45, 7) is 0.148. The van der Waals surface area contributed by atoms with Gasteiger partial charge in [0.2, 0.25) is 0 Å². The van der Waals surface area contributed by atoms with Crippen molar-refractivity contribution in [2.45, 2.75) is 12.8 Å². The van der Waals surface area contributed by atoms with E-state index in [2.05, 4.69) is 11.8 Å². The largest absolute Gasteiger partial charge is 0.396 e. The first-order chi connectivity index (χ1) is 6.86. The minimum Gasteiger partial charge on any atom is -0.396 e. The molecule has 0 spiro atoms. The lowest BCUT2D eigenvalue weighted by Gasteiger charge is -1.97. The first-order valence-corrected chi connectivity index (χ1v) is 4.42. The number of hydrogen-bond acceptors (Lipinski definition) is 2. The van der Waals surface area contributed by atoms with E-state index in [1.165, 1.54) is 0 Å². The van der Waals surface area contributed by atoms with Crippen molar-refractivity contribution in [3.05, 3.63) is 35.4 Å². The van der Waals surface area contributed by atoms with Crippen molar-refractivity contribution in [1.29, 1.82) is 5.26 Å². The van der Waals surface area contributed by atoms with Crippen LogP contribution in [0.1, 0.15) is 17.5 Å². The summed E-state index contributed by atoms with van der Waals surface area (Å²) in [6.07, 6.45) is 0.901. The van der Waals surface area contributed by atoms with Gasteiger partial charge in [0.25, 0.3) is 0 Å². The predicted octanol–water partition coefficient (Wildman–Crippen LogP) is 1.49. The fraction of sp³-hybridized carbons (Fsp3) is 0.250. The van der Waals surface area contributed by atoms with Crippen molar-refractivity contribution >= 4 is 0 Å². The minimum absolute atomic E-state index is 0.148. The molecule has 0 fully saturated rings. The molecule has 1 aromatic carbocycles. The third-order valence-corrected chi connectivity index (χ3v) is 1.73. The summed E-state index contributed by atoms with van der Waals surface area (Å²) in [7, 11) is 0. The molecule has 1 N–H and O–H groups in total. The van der Waals surface area contributed by atoms with Crippen molar-refractivity contribution in [2.75, 3.05) is 6.61 Å². The Balaban J connectivity index is 2.75. The van der Waals surface area contributed by atoms with Crippen LogP contribution in [0.4, 0.5) is 0 Å². The number of nitriles is 1. The standard InChI is InChI=1S/C12H11NO/c13-8-2-1-4-11-5-3-6-12(10-11)7-9-14/h3,5-6,10,14H,2,7,9H2. The van der Waals surface area contributed by atoms with Gasteiger partial charge in [-0.1, -0.05) is 24.0 Å². The Labute approximate surface area is 83.8 Å². The lowest BCUT2D eigenvalue weighted by molar-refractivity contribution is 0.299. The maximum atomic E-state index is 8.75. The van der Waals surface area contributed by atoms with Crippen LogP contribution in [-0.2, 0) is 6.42 Å². The molecule has 0 saturated carbocycles. The second kappa shape index (κ2) is 5.80. The van der Waals surface area contributed by atoms with Gasteiger partial charge in [-0.05, 0) is 24.1 Å². The van der Waals surface area contributed by atoms with Gasteiger partial charge >= 0.3 is 0 Å². The maximum absolute atomic E-state index is 8.75. The highest BCUT2D eigenvalue weighted by Gasteiger charge is 1.92. The van der Waals surface area contributed by atoms with E-state index in [1.807, 2.05) is 30.3 Å². The van der Waals surface area contributed by atoms with Crippen LogP contribution in [0.3, 0.4) is 0 Å². The van der Waals surface area contributed by atoms with Crippen LogP contribution in [0, 0.1) is 23.2 Å². The van der Waals surface area contributed by atoms with Crippen molar-refractivity contribution in [2.24, 2.45) is 0 Å². The molecule has 0 amide bonds. The van der Waals surface area contributed by atoms with Gasteiger partial charge in [0.15, 0.2) is 0 Å². The van der Waals surface area contributed by atoms with Crippen LogP contribution in [0.2, 0.25) is 0 Å². The number of hydrogen-bond donors (Lipinski definition) is 1. The second-order valence-corrected chi connectivity index (χ2v) is 2.81. The van der Waals surface area contributed by atoms with Gasteiger partial charge in [-0.2, -0.15) is 5.26 Å². The van der Waals surface area contributed by atoms with Gasteiger partial charge in [0.1, 0.15) is 0 Å². The average molecular weight is 185 g/mol. The molecule has 2 nitrogen and oxygen atoms in total. The molecular formula is C12H11NO. The van der Waals surface area contributed by atoms with Gasteiger partial charge in [0.05, 0.1) is 12.5 Å². The molecule has 0 aliphatic rings. The highest BCUT2D eigenvalue weighted by atomic mass is 16.2. The average Bonchev–Trinajstić information content (AvgIpc) is 2.19. The summed E-state index contributed by atoms with van der Waals surface area (Å²) in [5, 5.41) is 17.0. The van der Waals surface area contributed by atoms with Crippen molar-refractivity contribution < 1.29 is 5.11 Å². The predicted molar refractivity (Wildman–Crippen MR) is 54.3 cm³/mol. The molecule has 2 heteroatoms. The molecule has 0 saturated heterocycles. The fourth-order valence-electron chi connectivity index (χ4n) is 1.12. The van der Waals surface area contributed by atoms with Gasteiger partial charge < -0.3 is 5.11 Å². The lowest BCUT2D eigenvalue weighted by Crippen LogP contribution is -1.90. The van der Waals surface area contributed by atoms with E-state index in [-0.39, 0.29) is 13.0 Å². The maximum Gasteiger partial charge on any atom is 0.0966 e. The van der Waals surface area contributed by atoms with Gasteiger partial charge in [-0.25, -0.2) is 0 Å². The van der Waals surface area contributed by atoms with Crippen molar-refractivity contribution in [3.8, 4) is 17.9 Å². The zero-order valence-electron chi connectivity index (χ0n) is 7.83. The zero-order valence-corrected chi connectivity index (χ0v) is 7.83. The van der Waals surface area contributed by atoms with Crippen LogP contribution >= 0.6 is 0 Å². The number of rotatable bonds is 2. The molecular weight excluding hydrogens is 174 g/mol. The first-order valence-electron chi connectivity index (χ1n) is 4.42. The molecule has 0 bridgehead atoms. The van der Waals surface area contributed by atoms with Crippen LogP contribution in [-0.4, -0.2) is 11.7 Å². The molecule has 70 valence electrons. The van der Waals surface area contributed by atoms with Crippen LogP contribution in [0.25, 0.3) is 0 Å². The van der Waals surface area contributed by atoms with Gasteiger partial charge in [0, 0.05) is 12.2 Å². The molecule has 0 heterocycles. The Bertz CT molecular complexity index is 393. The molecule has 0 aliphatic carbocycles. The summed E-state index contributed by atoms with van der Waals surface area (Å²) in [5.41, 5.74) is 1.96. The van der Waals surface area contributed by atoms with Gasteiger partial charge in [-0.3, -0.25) is 0 Å². The SMILES string of the molecule is N#CCC#Cc1cccc(CCO)c1. The molecule has 14 heavy (non-hydrogen) atoms. The number of benzene rings is 1. The third-order valence-electron chi connectivity index (χ3n) is 1.73. The molecule has 0 aromatic heterocycles. The molecule has 0 aliphatic heterocycles. The van der Waals surface area contributed by atoms with E-state index in [1.54, 1.807) is 0 Å². The van der Waals surface area contributed by atoms with E-state index in [0.717, 1.165) is 11.1 Å². The van der Waals surface area contributed by atoms with Crippen molar-refractivity contribution in [1.82, 2.24) is 0 Å². The Morgan fingerprint density at radius 2 is 2.21 bits per heavy atom. The summed E-state index contributed by atoms with van der Waals surface area (Å²) in [4.78, 5) is 0. The smallest absolute Gasteiger partial charge is 0.0966 e. The minimum atomic E-state index is 0.148. The lowest BCUT2D eigenvalue weighted by atomic mass is 10.1. The quantitative estimate of drug-likeness (QED) is 0.709. The van der Waals surface area contributed by atoms with E-state index >= 15 is 0 Å². The van der Waals surface area contributed by atoms with Crippen molar-refractivity contribution in [3.63, 3.8) is 0 Å². The molecule has 1 rings (SSSR count). The Hall–Kier alpha value is -1.77. The zero-order chi connectivity index (χ0) is 10.2. The molecule has 1 aromatic rings. The number of nitrogens with zero attached hydrogens (tertiary/aromatic N) is 1. The highest BCUT2D eigenvalue weighted by molar-refractivity contribution is 5.37. The summed E-state index contributed by atoms with van der Waals surface area (Å²) < 4.78 is 0. The van der Waals surface area contributed by atoms with Crippen LogP contribution in [0.5, 0.6) is 0 Å². The Morgan fingerprint density at radius 1 is 1.36 bits per heavy atom. The summed E-state index contributed by atoms with van der Waals surface area (Å²) in [5.74, 6) is 5.64. The highest BCUT2D eigenvalue weighted by Crippen LogP contribution is 2.04. The van der Waals surface area contributed by atoms with Crippen LogP contribution < -0.4 is 0 Å². The third kappa shape index (κ3) is 3.31. The number of aliphatic hydroxyl groups excluding tert-OH is 1. The molecule has 0 radical (unpaired) electrons. The van der Waals surface area contributed by atoms with Crippen LogP contribution in [0.15, 0.2) is 24.3 Å². The summed E-state index contributed by atoms with van der Waals surface area (Å²) in [6, 6.07) is 9.64. The Kier molecular flexibility index (Phi) is 4.27. The van der Waals surface area contributed by atoms with E-state index < -0.39 is 0 Å². The number of aliphatic hydroxyl groups is 1.